The summed E-state index contributed by atoms with van der Waals surface area (Å²) in [7, 11) is 0. The number of carbonyl (C=O) groups excluding carboxylic acids is 1. The van der Waals surface area contributed by atoms with Gasteiger partial charge >= 0.3 is 0 Å². The van der Waals surface area contributed by atoms with Crippen LogP contribution in [0.25, 0.3) is 0 Å². The Kier molecular flexibility index (Phi) is 11.9. The molecular weight excluding hydrogens is 486 g/mol. The third-order valence-electron chi connectivity index (χ3n) is 6.37. The molecule has 0 bridgehead atoms. The molecule has 0 aliphatic heterocycles. The summed E-state index contributed by atoms with van der Waals surface area (Å²) in [5, 5.41) is 3.48. The van der Waals surface area contributed by atoms with E-state index in [1.807, 2.05) is 109 Å². The Bertz CT molecular complexity index is 1200. The molecule has 202 valence electrons. The predicted molar refractivity (Wildman–Crippen MR) is 154 cm³/mol. The fraction of sp³-hybridized carbons (Fsp3) is 0.265. The van der Waals surface area contributed by atoms with Crippen LogP contribution in [0.1, 0.15) is 28.7 Å². The van der Waals surface area contributed by atoms with Crippen LogP contribution < -0.4 is 5.32 Å². The summed E-state index contributed by atoms with van der Waals surface area (Å²) in [6.45, 7) is 2.46. The maximum Gasteiger partial charge on any atom is 0.189 e. The summed E-state index contributed by atoms with van der Waals surface area (Å²) in [5.74, 6) is -0.122. The summed E-state index contributed by atoms with van der Waals surface area (Å²) in [6.07, 6.45) is -0.586. The SMILES string of the molecule is O=C(COCc1ccccc1)[C@@H](OCc1ccccc1)[C@@H](CCNCc1ccccc1)OCc1ccccc1. The van der Waals surface area contributed by atoms with Crippen molar-refractivity contribution in [3.05, 3.63) is 144 Å². The fourth-order valence-electron chi connectivity index (χ4n) is 4.27. The second-order valence-electron chi connectivity index (χ2n) is 9.45. The third kappa shape index (κ3) is 10.2. The maximum absolute atomic E-state index is 13.5. The van der Waals surface area contributed by atoms with Gasteiger partial charge in [0.05, 0.1) is 25.9 Å². The molecule has 4 rings (SSSR count). The summed E-state index contributed by atoms with van der Waals surface area (Å²) < 4.78 is 18.5. The van der Waals surface area contributed by atoms with Gasteiger partial charge in [-0.1, -0.05) is 121 Å². The quantitative estimate of drug-likeness (QED) is 0.169. The number of hydrogen-bond donors (Lipinski definition) is 1. The number of nitrogens with one attached hydrogen (secondary N) is 1. The van der Waals surface area contributed by atoms with E-state index in [-0.39, 0.29) is 12.4 Å². The standard InChI is InChI=1S/C34H37NO4/c36-32(27-37-24-29-15-7-2-8-16-29)34(39-26-31-19-11-4-12-20-31)33(38-25-30-17-9-3-10-18-30)21-22-35-23-28-13-5-1-6-14-28/h1-20,33-35H,21-27H2/t33-,34-/m1/s1. The number of ether oxygens (including phenoxy) is 3. The van der Waals surface area contributed by atoms with E-state index in [4.69, 9.17) is 14.2 Å². The van der Waals surface area contributed by atoms with E-state index in [2.05, 4.69) is 17.4 Å². The molecule has 39 heavy (non-hydrogen) atoms. The van der Waals surface area contributed by atoms with Gasteiger partial charge < -0.3 is 19.5 Å². The van der Waals surface area contributed by atoms with Gasteiger partial charge in [-0.3, -0.25) is 4.79 Å². The Morgan fingerprint density at radius 1 is 0.590 bits per heavy atom. The monoisotopic (exact) mass is 523 g/mol. The molecule has 1 N–H and O–H groups in total. The molecule has 0 spiro atoms. The molecule has 0 aliphatic rings. The largest absolute Gasteiger partial charge is 0.370 e. The summed E-state index contributed by atoms with van der Waals surface area (Å²) >= 11 is 0. The van der Waals surface area contributed by atoms with Gasteiger partial charge in [0.2, 0.25) is 0 Å². The fourth-order valence-corrected chi connectivity index (χ4v) is 4.27. The van der Waals surface area contributed by atoms with Crippen LogP contribution in [-0.2, 0) is 45.4 Å². The highest BCUT2D eigenvalue weighted by atomic mass is 16.5. The van der Waals surface area contributed by atoms with E-state index in [0.717, 1.165) is 23.2 Å². The van der Waals surface area contributed by atoms with Gasteiger partial charge in [0.25, 0.3) is 0 Å². The number of rotatable bonds is 17. The zero-order valence-electron chi connectivity index (χ0n) is 22.3. The van der Waals surface area contributed by atoms with Crippen LogP contribution in [-0.4, -0.2) is 31.1 Å². The molecule has 0 heterocycles. The van der Waals surface area contributed by atoms with Gasteiger partial charge in [0.15, 0.2) is 5.78 Å². The van der Waals surface area contributed by atoms with Crippen molar-refractivity contribution >= 4 is 5.78 Å². The van der Waals surface area contributed by atoms with Crippen molar-refractivity contribution in [3.63, 3.8) is 0 Å². The summed E-state index contributed by atoms with van der Waals surface area (Å²) in [6, 6.07) is 40.0. The van der Waals surface area contributed by atoms with E-state index in [9.17, 15) is 4.79 Å². The first kappa shape index (κ1) is 28.4. The zero-order chi connectivity index (χ0) is 27.0. The molecule has 0 fully saturated rings. The highest BCUT2D eigenvalue weighted by Crippen LogP contribution is 2.16. The van der Waals surface area contributed by atoms with Crippen molar-refractivity contribution in [2.75, 3.05) is 13.2 Å². The molecule has 4 aromatic carbocycles. The van der Waals surface area contributed by atoms with Crippen molar-refractivity contribution in [2.24, 2.45) is 0 Å². The van der Waals surface area contributed by atoms with Crippen LogP contribution in [0.15, 0.2) is 121 Å². The van der Waals surface area contributed by atoms with Crippen molar-refractivity contribution < 1.29 is 19.0 Å². The highest BCUT2D eigenvalue weighted by Gasteiger charge is 2.30. The van der Waals surface area contributed by atoms with E-state index in [1.165, 1.54) is 5.56 Å². The zero-order valence-corrected chi connectivity index (χ0v) is 22.3. The maximum atomic E-state index is 13.5. The second kappa shape index (κ2) is 16.4. The molecular formula is C34H37NO4. The minimum absolute atomic E-state index is 0.0447. The molecule has 0 aromatic heterocycles. The van der Waals surface area contributed by atoms with Crippen LogP contribution in [0.3, 0.4) is 0 Å². The van der Waals surface area contributed by atoms with Gasteiger partial charge in [0.1, 0.15) is 12.7 Å². The van der Waals surface area contributed by atoms with Gasteiger partial charge in [-0.2, -0.15) is 0 Å². The lowest BCUT2D eigenvalue weighted by molar-refractivity contribution is -0.150. The third-order valence-corrected chi connectivity index (χ3v) is 6.37. The van der Waals surface area contributed by atoms with Crippen molar-refractivity contribution in [1.29, 1.82) is 0 Å². The van der Waals surface area contributed by atoms with E-state index in [0.29, 0.717) is 32.8 Å². The van der Waals surface area contributed by atoms with E-state index >= 15 is 0 Å². The molecule has 0 radical (unpaired) electrons. The van der Waals surface area contributed by atoms with E-state index in [1.54, 1.807) is 0 Å². The Morgan fingerprint density at radius 2 is 1.05 bits per heavy atom. The first-order valence-corrected chi connectivity index (χ1v) is 13.5. The minimum atomic E-state index is -0.761. The smallest absolute Gasteiger partial charge is 0.189 e. The van der Waals surface area contributed by atoms with Crippen LogP contribution >= 0.6 is 0 Å². The van der Waals surface area contributed by atoms with Crippen molar-refractivity contribution in [3.8, 4) is 0 Å². The Hall–Kier alpha value is -3.61. The molecule has 0 aliphatic carbocycles. The number of benzene rings is 4. The lowest BCUT2D eigenvalue weighted by atomic mass is 10.1. The molecule has 0 saturated carbocycles. The van der Waals surface area contributed by atoms with Gasteiger partial charge in [-0.05, 0) is 35.2 Å². The topological polar surface area (TPSA) is 56.8 Å². The lowest BCUT2D eigenvalue weighted by Gasteiger charge is -2.27. The first-order valence-electron chi connectivity index (χ1n) is 13.5. The number of hydrogen-bond acceptors (Lipinski definition) is 5. The molecule has 4 aromatic rings. The number of ketones is 1. The summed E-state index contributed by atoms with van der Waals surface area (Å²) in [4.78, 5) is 13.5. The van der Waals surface area contributed by atoms with Crippen LogP contribution in [0.2, 0.25) is 0 Å². The van der Waals surface area contributed by atoms with Crippen LogP contribution in [0.5, 0.6) is 0 Å². The Balaban J connectivity index is 1.43. The van der Waals surface area contributed by atoms with Gasteiger partial charge in [0, 0.05) is 6.54 Å². The molecule has 0 saturated heterocycles. The summed E-state index contributed by atoms with van der Waals surface area (Å²) in [5.41, 5.74) is 4.29. The van der Waals surface area contributed by atoms with Crippen molar-refractivity contribution in [1.82, 2.24) is 5.32 Å². The molecule has 5 nitrogen and oxygen atoms in total. The molecule has 0 unspecified atom stereocenters. The Morgan fingerprint density at radius 3 is 1.59 bits per heavy atom. The van der Waals surface area contributed by atoms with Crippen molar-refractivity contribution in [2.45, 2.75) is 45.0 Å². The first-order chi connectivity index (χ1) is 19.3. The molecule has 2 atom stereocenters. The molecule has 5 heteroatoms. The van der Waals surface area contributed by atoms with Crippen LogP contribution in [0.4, 0.5) is 0 Å². The minimum Gasteiger partial charge on any atom is -0.370 e. The van der Waals surface area contributed by atoms with E-state index < -0.39 is 12.2 Å². The number of carbonyl (C=O) groups is 1. The normalized spacial score (nSPS) is 12.6. The van der Waals surface area contributed by atoms with Gasteiger partial charge in [-0.25, -0.2) is 0 Å². The van der Waals surface area contributed by atoms with Crippen LogP contribution in [0, 0.1) is 0 Å². The Labute approximate surface area is 231 Å². The predicted octanol–water partition coefficient (Wildman–Crippen LogP) is 6.12. The average Bonchev–Trinajstić information content (AvgIpc) is 3.00. The lowest BCUT2D eigenvalue weighted by Crippen LogP contribution is -2.42. The highest BCUT2D eigenvalue weighted by molar-refractivity contribution is 5.85. The second-order valence-corrected chi connectivity index (χ2v) is 9.45. The van der Waals surface area contributed by atoms with Gasteiger partial charge in [-0.15, -0.1) is 0 Å². The molecule has 0 amide bonds. The number of Topliss-reactive ketones (excluding diaryl/α,β-unsaturated/α-hetero) is 1. The average molecular weight is 524 g/mol.